The van der Waals surface area contributed by atoms with Gasteiger partial charge in [-0.3, -0.25) is 0 Å². The van der Waals surface area contributed by atoms with Gasteiger partial charge in [-0.05, 0) is 0 Å². The number of quaternary nitrogens is 1. The van der Waals surface area contributed by atoms with Crippen LogP contribution >= 0.6 is 0 Å². The molecule has 0 radical (unpaired) electrons. The molecule has 0 spiro atoms. The summed E-state index contributed by atoms with van der Waals surface area (Å²) in [6.45, 7) is -1.94. The molecule has 318 valence electrons. The lowest BCUT2D eigenvalue weighted by Gasteiger charge is -2.45. The summed E-state index contributed by atoms with van der Waals surface area (Å²) in [6, 6.07) is 0. The van der Waals surface area contributed by atoms with Gasteiger partial charge >= 0.3 is 71.3 Å². The maximum atomic E-state index is 14.1. The first kappa shape index (κ1) is 50.6. The maximum absolute atomic E-state index is 14.1. The number of carbonyl (C=O) groups is 1. The van der Waals surface area contributed by atoms with E-state index in [1.807, 2.05) is 0 Å². The second-order valence-corrected chi connectivity index (χ2v) is 13.4. The number of alkyl halides is 25. The first-order chi connectivity index (χ1) is 22.6. The fourth-order valence-electron chi connectivity index (χ4n) is 3.64. The first-order valence-corrected chi connectivity index (χ1v) is 14.4. The van der Waals surface area contributed by atoms with Crippen LogP contribution < -0.4 is 9.83 Å². The first-order valence-electron chi connectivity index (χ1n) is 12.8. The number of nitrogens with one attached hydrogen (secondary N) is 1. The average Bonchev–Trinajstić information content (AvgIpc) is 2.92. The van der Waals surface area contributed by atoms with Gasteiger partial charge in [-0.25, -0.2) is 13.1 Å². The summed E-state index contributed by atoms with van der Waals surface area (Å²) in [7, 11) is -3.07. The average molecular weight is 870 g/mol. The molecule has 6 nitrogen and oxygen atoms in total. The summed E-state index contributed by atoms with van der Waals surface area (Å²) >= 11 is 0. The van der Waals surface area contributed by atoms with E-state index in [0.717, 1.165) is 0 Å². The minimum atomic E-state index is -9.70. The zero-order valence-electron chi connectivity index (χ0n) is 25.2. The van der Waals surface area contributed by atoms with Crippen molar-refractivity contribution in [2.75, 3.05) is 39.5 Å². The number of sulfonamides is 1. The molecule has 0 aromatic heterocycles. The molecule has 1 N–H and O–H groups in total. The van der Waals surface area contributed by atoms with E-state index < -0.39 is 123 Å². The molecule has 32 heteroatoms. The minimum absolute atomic E-state index is 0.296. The third-order valence-corrected chi connectivity index (χ3v) is 8.25. The lowest BCUT2D eigenvalue weighted by atomic mass is 9.84. The zero-order chi connectivity index (χ0) is 43.5. The molecule has 0 heterocycles. The van der Waals surface area contributed by atoms with Gasteiger partial charge in [0.05, 0.1) is 32.4 Å². The highest BCUT2D eigenvalue weighted by atomic mass is 32.2. The van der Waals surface area contributed by atoms with Crippen LogP contribution in [0.3, 0.4) is 0 Å². The predicted molar refractivity (Wildman–Crippen MR) is 118 cm³/mol. The molecule has 0 aliphatic heterocycles. The molecule has 0 atom stereocenters. The van der Waals surface area contributed by atoms with E-state index in [1.165, 1.54) is 18.8 Å². The van der Waals surface area contributed by atoms with E-state index in [9.17, 15) is 128 Å². The Morgan fingerprint density at radius 3 is 1.09 bits per heavy atom. The number of nitrogens with zero attached hydrogens (tertiary/aromatic N) is 1. The number of carbonyl (C=O) groups excluding carboxylic acids is 1. The van der Waals surface area contributed by atoms with Crippen LogP contribution in [0.2, 0.25) is 0 Å². The summed E-state index contributed by atoms with van der Waals surface area (Å²) in [5.74, 6) is -104. The van der Waals surface area contributed by atoms with Crippen LogP contribution in [0.5, 0.6) is 0 Å². The smallest absolute Gasteiger partial charge is 0.460 e. The van der Waals surface area contributed by atoms with Crippen LogP contribution in [0, 0.1) is 0 Å². The van der Waals surface area contributed by atoms with Gasteiger partial charge in [0, 0.05) is 19.4 Å². The van der Waals surface area contributed by atoms with E-state index in [4.69, 9.17) is 0 Å². The standard InChI is InChI=1S/C21H19F25N2O4S/c1-48(2,8-9(49)50)6-3-5-47-53(51,52)7-4-10(22,23)11(24,25)12(26,27)13(28,29)14(30,31)15(32,33)16(34,35)17(36,37)18(38,39)19(40,41)20(42,43)21(44,45)46/h47H,3-8H2,1-2H3. The van der Waals surface area contributed by atoms with Gasteiger partial charge in [0.1, 0.15) is 6.54 Å². The number of rotatable bonds is 20. The summed E-state index contributed by atoms with van der Waals surface area (Å²) in [5.41, 5.74) is 0. The second-order valence-electron chi connectivity index (χ2n) is 11.5. The lowest BCUT2D eigenvalue weighted by molar-refractivity contribution is -0.884. The molecular weight excluding hydrogens is 851 g/mol. The van der Waals surface area contributed by atoms with E-state index in [0.29, 0.717) is 0 Å². The number of hydrogen-bond acceptors (Lipinski definition) is 4. The van der Waals surface area contributed by atoms with Crippen molar-refractivity contribution in [2.24, 2.45) is 0 Å². The number of carboxylic acids is 1. The Hall–Kier alpha value is -2.41. The van der Waals surface area contributed by atoms with Crippen molar-refractivity contribution in [3.05, 3.63) is 0 Å². The highest BCUT2D eigenvalue weighted by Gasteiger charge is 2.99. The molecule has 0 aromatic rings. The Balaban J connectivity index is 6.72. The molecule has 0 fully saturated rings. The minimum Gasteiger partial charge on any atom is -0.544 e. The topological polar surface area (TPSA) is 86.3 Å². The fraction of sp³-hybridized carbons (Fsp3) is 0.952. The van der Waals surface area contributed by atoms with Crippen molar-refractivity contribution < 1.29 is 133 Å². The molecule has 0 saturated heterocycles. The van der Waals surface area contributed by atoms with Crippen LogP contribution in [-0.2, 0) is 14.8 Å². The third-order valence-electron chi connectivity index (χ3n) is 6.87. The molecule has 53 heavy (non-hydrogen) atoms. The summed E-state index contributed by atoms with van der Waals surface area (Å²) < 4.78 is 363. The quantitative estimate of drug-likeness (QED) is 0.0917. The Morgan fingerprint density at radius 1 is 0.528 bits per heavy atom. The van der Waals surface area contributed by atoms with Gasteiger partial charge in [0.25, 0.3) is 0 Å². The Bertz CT molecular complexity index is 1420. The van der Waals surface area contributed by atoms with Crippen molar-refractivity contribution in [1.82, 2.24) is 4.72 Å². The van der Waals surface area contributed by atoms with Crippen LogP contribution in [0.15, 0.2) is 0 Å². The van der Waals surface area contributed by atoms with Gasteiger partial charge in [-0.2, -0.15) is 110 Å². The Kier molecular flexibility index (Phi) is 13.3. The van der Waals surface area contributed by atoms with Crippen molar-refractivity contribution >= 4 is 16.0 Å². The molecule has 0 rings (SSSR count). The van der Waals surface area contributed by atoms with Gasteiger partial charge in [0.15, 0.2) is 0 Å². The van der Waals surface area contributed by atoms with Crippen LogP contribution in [0.4, 0.5) is 110 Å². The number of carboxylic acid groups (broad SMARTS) is 1. The highest BCUT2D eigenvalue weighted by Crippen LogP contribution is 2.67. The highest BCUT2D eigenvalue weighted by molar-refractivity contribution is 7.89. The van der Waals surface area contributed by atoms with Crippen molar-refractivity contribution in [3.63, 3.8) is 0 Å². The molecule has 0 aliphatic rings. The van der Waals surface area contributed by atoms with E-state index in [-0.39, 0.29) is 6.54 Å². The maximum Gasteiger partial charge on any atom is 0.460 e. The molecule has 0 unspecified atom stereocenters. The van der Waals surface area contributed by atoms with Crippen molar-refractivity contribution in [2.45, 2.75) is 84.2 Å². The molecule has 0 bridgehead atoms. The molecule has 0 saturated carbocycles. The van der Waals surface area contributed by atoms with E-state index >= 15 is 0 Å². The Morgan fingerprint density at radius 2 is 0.811 bits per heavy atom. The van der Waals surface area contributed by atoms with Gasteiger partial charge in [0.2, 0.25) is 10.0 Å². The monoisotopic (exact) mass is 870 g/mol. The molecular formula is C21H19F25N2O4S. The van der Waals surface area contributed by atoms with Gasteiger partial charge < -0.3 is 14.4 Å². The van der Waals surface area contributed by atoms with Crippen molar-refractivity contribution in [3.8, 4) is 0 Å². The lowest BCUT2D eigenvalue weighted by Crippen LogP contribution is -2.78. The van der Waals surface area contributed by atoms with Crippen LogP contribution in [0.25, 0.3) is 0 Å². The van der Waals surface area contributed by atoms with Crippen LogP contribution in [0.1, 0.15) is 12.8 Å². The fourth-order valence-corrected chi connectivity index (χ4v) is 4.76. The normalized spacial score (nSPS) is 16.3. The van der Waals surface area contributed by atoms with Crippen LogP contribution in [-0.4, -0.2) is 130 Å². The SMILES string of the molecule is C[N+](C)(CCCNS(=O)(=O)CCC(F)(F)C(F)(F)C(F)(F)C(F)(F)C(F)(F)C(F)(F)C(F)(F)C(F)(F)C(F)(F)C(F)(F)C(F)(F)C(F)(F)F)CC(=O)[O-]. The zero-order valence-corrected chi connectivity index (χ0v) is 26.0. The number of halogens is 25. The molecule has 0 amide bonds. The third kappa shape index (κ3) is 8.12. The summed E-state index contributed by atoms with van der Waals surface area (Å²) in [4.78, 5) is 10.6. The molecule has 0 aliphatic carbocycles. The predicted octanol–water partition coefficient (Wildman–Crippen LogP) is 6.06. The number of aliphatic carboxylic acids is 1. The van der Waals surface area contributed by atoms with Gasteiger partial charge in [-0.15, -0.1) is 0 Å². The summed E-state index contributed by atoms with van der Waals surface area (Å²) in [5, 5.41) is 10.6. The second kappa shape index (κ2) is 14.0. The largest absolute Gasteiger partial charge is 0.544 e. The van der Waals surface area contributed by atoms with Crippen molar-refractivity contribution in [1.29, 1.82) is 0 Å². The summed E-state index contributed by atoms with van der Waals surface area (Å²) in [6.07, 6.45) is -12.1. The number of hydrogen-bond donors (Lipinski definition) is 1. The number of likely N-dealkylation sites (N-methyl/N-ethyl adjacent to an activating group) is 1. The van der Waals surface area contributed by atoms with E-state index in [1.54, 1.807) is 0 Å². The Labute approximate surface area is 277 Å². The van der Waals surface area contributed by atoms with E-state index in [2.05, 4.69) is 0 Å². The molecule has 0 aromatic carbocycles. The van der Waals surface area contributed by atoms with Gasteiger partial charge in [-0.1, -0.05) is 0 Å².